The SMILES string of the molecule is CC(C)C(=O)[C@H](C)NC(=O)[C@@H](NC(=O)[C@@H](CCCCNC(=O)COC1CCCCCc2c1nnn2C1O[C@H](CO)[C@@H](C2O[C@H](CO)[C@@H](O)[C@H](O)[C@H]2O)[C@H](O)[C@H]1O)NC(=O)CCOCCOCCOCCOCCNC(=O)CCC(=O)N1Cc2ccccc2C#Cc2ccccc21)C(C)C. The zero-order valence-electron chi connectivity index (χ0n) is 57.2. The number of hydrogen-bond acceptors (Lipinski definition) is 23. The maximum Gasteiger partial charge on any atom is 0.246 e. The van der Waals surface area contributed by atoms with Crippen molar-refractivity contribution in [3.05, 3.63) is 76.6 Å². The van der Waals surface area contributed by atoms with Gasteiger partial charge in [0.15, 0.2) is 12.0 Å². The van der Waals surface area contributed by atoms with Crippen LogP contribution in [0.1, 0.15) is 139 Å². The average Bonchev–Trinajstić information content (AvgIpc) is 1.73. The fraction of sp³-hybridized carbons (Fsp3) is 0.667. The first-order valence-electron chi connectivity index (χ1n) is 34.4. The number of aliphatic hydroxyl groups is 7. The van der Waals surface area contributed by atoms with Crippen molar-refractivity contribution in [2.24, 2.45) is 17.8 Å². The Morgan fingerprint density at radius 1 is 0.636 bits per heavy atom. The number of ether oxygens (including phenoxy) is 7. The highest BCUT2D eigenvalue weighted by atomic mass is 16.6. The van der Waals surface area contributed by atoms with Gasteiger partial charge in [-0.1, -0.05) is 87.9 Å². The molecule has 3 aromatic rings. The Labute approximate surface area is 576 Å². The molecule has 7 rings (SSSR count). The molecule has 0 spiro atoms. The van der Waals surface area contributed by atoms with Gasteiger partial charge in [-0.3, -0.25) is 33.6 Å². The van der Waals surface area contributed by atoms with E-state index in [0.29, 0.717) is 55.7 Å². The topological polar surface area (TPSA) is 420 Å². The van der Waals surface area contributed by atoms with E-state index in [4.69, 9.17) is 33.2 Å². The maximum atomic E-state index is 14.0. The van der Waals surface area contributed by atoms with Crippen molar-refractivity contribution in [1.82, 2.24) is 41.6 Å². The third-order valence-electron chi connectivity index (χ3n) is 17.8. The predicted octanol–water partition coefficient (Wildman–Crippen LogP) is -0.536. The Hall–Kier alpha value is -6.93. The van der Waals surface area contributed by atoms with Crippen LogP contribution < -0.4 is 31.5 Å². The number of rotatable bonds is 38. The molecule has 30 nitrogen and oxygen atoms in total. The van der Waals surface area contributed by atoms with Gasteiger partial charge in [-0.15, -0.1) is 5.10 Å². The molecule has 4 heterocycles. The number of unbranched alkanes of at least 4 members (excludes halogenated alkanes) is 1. The molecule has 0 bridgehead atoms. The summed E-state index contributed by atoms with van der Waals surface area (Å²) in [6.07, 6.45) is -11.1. The van der Waals surface area contributed by atoms with Gasteiger partial charge >= 0.3 is 0 Å². The van der Waals surface area contributed by atoms with Crippen molar-refractivity contribution in [3.8, 4) is 11.8 Å². The van der Waals surface area contributed by atoms with Crippen molar-refractivity contribution in [2.45, 2.75) is 191 Å². The van der Waals surface area contributed by atoms with Gasteiger partial charge in [-0.25, -0.2) is 4.68 Å². The maximum absolute atomic E-state index is 14.0. The largest absolute Gasteiger partial charge is 0.394 e. The predicted molar refractivity (Wildman–Crippen MR) is 354 cm³/mol. The summed E-state index contributed by atoms with van der Waals surface area (Å²) in [7, 11) is 0. The molecule has 14 atom stereocenters. The van der Waals surface area contributed by atoms with E-state index in [1.807, 2.05) is 48.5 Å². The molecule has 1 aliphatic carbocycles. The summed E-state index contributed by atoms with van der Waals surface area (Å²) in [6, 6.07) is 12.2. The number of carbonyl (C=O) groups excluding carboxylic acids is 7. The quantitative estimate of drug-likeness (QED) is 0.0253. The van der Waals surface area contributed by atoms with Gasteiger partial charge < -0.3 is 100 Å². The van der Waals surface area contributed by atoms with Crippen molar-refractivity contribution >= 4 is 46.9 Å². The number of hydrogen-bond donors (Lipinski definition) is 12. The van der Waals surface area contributed by atoms with Crippen LogP contribution in [0.25, 0.3) is 0 Å². The molecule has 3 aliphatic heterocycles. The first-order valence-corrected chi connectivity index (χ1v) is 34.4. The molecule has 4 aliphatic rings. The summed E-state index contributed by atoms with van der Waals surface area (Å²) in [6.45, 7) is 9.20. The zero-order chi connectivity index (χ0) is 71.5. The van der Waals surface area contributed by atoms with Crippen LogP contribution in [0.5, 0.6) is 0 Å². The lowest BCUT2D eigenvalue weighted by molar-refractivity contribution is -0.299. The highest BCUT2D eigenvalue weighted by Crippen LogP contribution is 2.40. The minimum atomic E-state index is -1.78. The first kappa shape index (κ1) is 79.4. The van der Waals surface area contributed by atoms with E-state index >= 15 is 0 Å². The summed E-state index contributed by atoms with van der Waals surface area (Å²) in [5.74, 6) is 1.56. The molecule has 99 heavy (non-hydrogen) atoms. The number of aliphatic hydroxyl groups excluding tert-OH is 7. The molecule has 0 radical (unpaired) electrons. The molecule has 2 saturated heterocycles. The normalized spacial score (nSPS) is 23.8. The molecule has 6 amide bonds. The lowest BCUT2D eigenvalue weighted by Crippen LogP contribution is -2.66. The lowest BCUT2D eigenvalue weighted by Gasteiger charge is -2.50. The third kappa shape index (κ3) is 23.0. The van der Waals surface area contributed by atoms with E-state index in [1.165, 1.54) is 4.68 Å². The first-order chi connectivity index (χ1) is 47.6. The van der Waals surface area contributed by atoms with Crippen LogP contribution in [0.2, 0.25) is 0 Å². The number of fused-ring (bicyclic) bond motifs is 3. The van der Waals surface area contributed by atoms with Crippen LogP contribution in [0.3, 0.4) is 0 Å². The lowest BCUT2D eigenvalue weighted by atomic mass is 9.78. The van der Waals surface area contributed by atoms with Gasteiger partial charge in [-0.2, -0.15) is 0 Å². The number of anilines is 1. The van der Waals surface area contributed by atoms with Crippen LogP contribution in [-0.2, 0) is 79.7 Å². The Balaban J connectivity index is 0.793. The van der Waals surface area contributed by atoms with E-state index in [9.17, 15) is 69.3 Å². The number of nitrogens with one attached hydrogen (secondary N) is 5. The summed E-state index contributed by atoms with van der Waals surface area (Å²) >= 11 is 0. The molecular weight excluding hydrogens is 1290 g/mol. The van der Waals surface area contributed by atoms with Crippen LogP contribution in [0.15, 0.2) is 48.5 Å². The number of nitrogens with zero attached hydrogens (tertiary/aromatic N) is 4. The summed E-state index contributed by atoms with van der Waals surface area (Å²) in [4.78, 5) is 94.5. The summed E-state index contributed by atoms with van der Waals surface area (Å²) in [5.41, 5.74) is 4.11. The van der Waals surface area contributed by atoms with Crippen molar-refractivity contribution in [3.63, 3.8) is 0 Å². The number of para-hydroxylation sites is 1. The van der Waals surface area contributed by atoms with E-state index < -0.39 is 128 Å². The number of amides is 6. The van der Waals surface area contributed by atoms with Crippen LogP contribution >= 0.6 is 0 Å². The van der Waals surface area contributed by atoms with Gasteiger partial charge in [0.2, 0.25) is 35.4 Å². The van der Waals surface area contributed by atoms with Crippen LogP contribution in [-0.4, -0.2) is 245 Å². The van der Waals surface area contributed by atoms with Crippen LogP contribution in [0, 0.1) is 29.6 Å². The number of carbonyl (C=O) groups is 7. The molecule has 0 saturated carbocycles. The molecule has 548 valence electrons. The molecular formula is C69H101N9O21. The summed E-state index contributed by atoms with van der Waals surface area (Å²) < 4.78 is 41.6. The summed E-state index contributed by atoms with van der Waals surface area (Å²) in [5, 5.41) is 97.4. The van der Waals surface area contributed by atoms with E-state index in [0.717, 1.165) is 29.5 Å². The second kappa shape index (κ2) is 40.5. The van der Waals surface area contributed by atoms with Crippen LogP contribution in [0.4, 0.5) is 5.69 Å². The molecule has 3 unspecified atom stereocenters. The standard InChI is InChI=1S/C69H101N9O21/c1-41(2)58(68(92)72-43(5)60(85)42(3)4)74-67(91)47(73-54(82)26-29-93-31-33-95-35-36-96-34-32-94-30-28-71-53(81)24-25-56(84)77-37-46-17-10-9-15-44(46)22-23-45-16-11-12-19-48(45)77)18-13-14-27-70-55(83)40-97-50-21-8-6-7-20-49-59(50)75-76-78(49)69-65(90)62(87)57(51(38-79)99-69)66-64(89)63(88)61(86)52(39-80)98-66/h9-12,15-17,19,41-43,47,50-52,57-58,61-66,69,79-80,86-90H,6-8,13-14,18,20-21,24-40H2,1-5H3,(H,70,83)(H,71,81)(H,72,92)(H,73,82)(H,74,91)/t43-,47+,50?,51+,52+,57+,58-,61+,62-,63-,64+,65+,66?,69?/m0/s1. The van der Waals surface area contributed by atoms with Crippen molar-refractivity contribution < 1.29 is 102 Å². The highest BCUT2D eigenvalue weighted by molar-refractivity contribution is 5.97. The fourth-order valence-electron chi connectivity index (χ4n) is 12.3. The fourth-order valence-corrected chi connectivity index (χ4v) is 12.3. The second-order valence-corrected chi connectivity index (χ2v) is 25.8. The smallest absolute Gasteiger partial charge is 0.246 e. The van der Waals surface area contributed by atoms with Crippen molar-refractivity contribution in [1.29, 1.82) is 0 Å². The molecule has 2 fully saturated rings. The van der Waals surface area contributed by atoms with E-state index in [2.05, 4.69) is 48.7 Å². The number of ketones is 1. The molecule has 12 N–H and O–H groups in total. The monoisotopic (exact) mass is 1390 g/mol. The Morgan fingerprint density at radius 3 is 1.99 bits per heavy atom. The molecule has 1 aromatic heterocycles. The average molecular weight is 1390 g/mol. The number of Topliss-reactive ketones (excluding diaryl/α,β-unsaturated/α-hetero) is 1. The minimum absolute atomic E-state index is 0.00722. The van der Waals surface area contributed by atoms with E-state index in [1.54, 1.807) is 39.5 Å². The molecule has 2 aromatic carbocycles. The Bertz CT molecular complexity index is 3160. The van der Waals surface area contributed by atoms with Gasteiger partial charge in [-0.05, 0) is 75.1 Å². The Kier molecular flexibility index (Phi) is 32.5. The van der Waals surface area contributed by atoms with Gasteiger partial charge in [0.25, 0.3) is 0 Å². The minimum Gasteiger partial charge on any atom is -0.394 e. The third-order valence-corrected chi connectivity index (χ3v) is 17.8. The van der Waals surface area contributed by atoms with Gasteiger partial charge in [0.1, 0.15) is 61.0 Å². The van der Waals surface area contributed by atoms with Gasteiger partial charge in [0.05, 0.1) is 108 Å². The zero-order valence-corrected chi connectivity index (χ0v) is 57.2. The number of benzene rings is 2. The van der Waals surface area contributed by atoms with Gasteiger partial charge in [0, 0.05) is 55.3 Å². The highest BCUT2D eigenvalue weighted by Gasteiger charge is 2.56. The molecule has 30 heteroatoms. The Morgan fingerprint density at radius 2 is 1.29 bits per heavy atom. The van der Waals surface area contributed by atoms with E-state index in [-0.39, 0.29) is 122 Å². The second-order valence-electron chi connectivity index (χ2n) is 25.8. The number of aromatic nitrogens is 3. The van der Waals surface area contributed by atoms with Crippen molar-refractivity contribution in [2.75, 3.05) is 90.7 Å².